The standard InChI is InChI=1S/C13H27F3N2/c1-6-8-17-11(12(2,3)4)10-18(5)9-7-13(14,15)16/h11,17H,6-10H2,1-5H3. The van der Waals surface area contributed by atoms with Crippen LogP contribution in [0, 0.1) is 5.41 Å². The average Bonchev–Trinajstić information content (AvgIpc) is 2.18. The summed E-state index contributed by atoms with van der Waals surface area (Å²) in [7, 11) is 1.75. The molecular formula is C13H27F3N2. The van der Waals surface area contributed by atoms with Crippen molar-refractivity contribution in [3.8, 4) is 0 Å². The summed E-state index contributed by atoms with van der Waals surface area (Å²) in [4.78, 5) is 1.76. The van der Waals surface area contributed by atoms with Gasteiger partial charge in [-0.1, -0.05) is 27.7 Å². The number of alkyl halides is 3. The quantitative estimate of drug-likeness (QED) is 0.762. The van der Waals surface area contributed by atoms with E-state index in [2.05, 4.69) is 33.0 Å². The molecule has 0 aromatic carbocycles. The maximum absolute atomic E-state index is 12.1. The summed E-state index contributed by atoms with van der Waals surface area (Å²) in [6.45, 7) is 10.0. The highest BCUT2D eigenvalue weighted by molar-refractivity contribution is 4.82. The van der Waals surface area contributed by atoms with Gasteiger partial charge in [0.1, 0.15) is 0 Å². The third-order valence-corrected chi connectivity index (χ3v) is 2.96. The van der Waals surface area contributed by atoms with E-state index >= 15 is 0 Å². The van der Waals surface area contributed by atoms with Crippen LogP contribution in [-0.2, 0) is 0 Å². The van der Waals surface area contributed by atoms with Gasteiger partial charge < -0.3 is 10.2 Å². The lowest BCUT2D eigenvalue weighted by molar-refractivity contribution is -0.137. The first-order valence-electron chi connectivity index (χ1n) is 6.55. The van der Waals surface area contributed by atoms with Crippen LogP contribution in [0.4, 0.5) is 13.2 Å². The molecule has 1 unspecified atom stereocenters. The summed E-state index contributed by atoms with van der Waals surface area (Å²) in [6, 6.07) is 0.204. The van der Waals surface area contributed by atoms with Crippen molar-refractivity contribution < 1.29 is 13.2 Å². The molecule has 0 fully saturated rings. The van der Waals surface area contributed by atoms with Gasteiger partial charge in [-0.05, 0) is 25.4 Å². The fraction of sp³-hybridized carbons (Fsp3) is 1.00. The van der Waals surface area contributed by atoms with Crippen molar-refractivity contribution >= 4 is 0 Å². The molecule has 0 radical (unpaired) electrons. The molecule has 0 aliphatic rings. The molecule has 1 N–H and O–H groups in total. The molecule has 0 heterocycles. The molecule has 0 saturated carbocycles. The van der Waals surface area contributed by atoms with Crippen molar-refractivity contribution in [2.45, 2.75) is 52.8 Å². The Labute approximate surface area is 109 Å². The zero-order valence-electron chi connectivity index (χ0n) is 12.2. The number of likely N-dealkylation sites (N-methyl/N-ethyl adjacent to an activating group) is 1. The van der Waals surface area contributed by atoms with Crippen LogP contribution in [0.25, 0.3) is 0 Å². The van der Waals surface area contributed by atoms with Gasteiger partial charge in [0.25, 0.3) is 0 Å². The Kier molecular flexibility index (Phi) is 7.22. The highest BCUT2D eigenvalue weighted by Crippen LogP contribution is 2.22. The van der Waals surface area contributed by atoms with Crippen LogP contribution in [0.1, 0.15) is 40.5 Å². The van der Waals surface area contributed by atoms with Gasteiger partial charge in [0.2, 0.25) is 0 Å². The van der Waals surface area contributed by atoms with Crippen molar-refractivity contribution in [2.24, 2.45) is 5.41 Å². The topological polar surface area (TPSA) is 15.3 Å². The van der Waals surface area contributed by atoms with Gasteiger partial charge in [0.15, 0.2) is 0 Å². The van der Waals surface area contributed by atoms with E-state index in [9.17, 15) is 13.2 Å². The predicted octanol–water partition coefficient (Wildman–Crippen LogP) is 3.28. The van der Waals surface area contributed by atoms with Gasteiger partial charge in [-0.2, -0.15) is 13.2 Å². The highest BCUT2D eigenvalue weighted by Gasteiger charge is 2.29. The van der Waals surface area contributed by atoms with Crippen molar-refractivity contribution in [1.29, 1.82) is 0 Å². The fourth-order valence-electron chi connectivity index (χ4n) is 1.68. The molecule has 0 aromatic rings. The largest absolute Gasteiger partial charge is 0.390 e. The first-order valence-corrected chi connectivity index (χ1v) is 6.55. The molecular weight excluding hydrogens is 241 g/mol. The second-order valence-corrected chi connectivity index (χ2v) is 6.00. The van der Waals surface area contributed by atoms with Crippen molar-refractivity contribution in [3.05, 3.63) is 0 Å². The molecule has 5 heteroatoms. The highest BCUT2D eigenvalue weighted by atomic mass is 19.4. The number of hydrogen-bond acceptors (Lipinski definition) is 2. The summed E-state index contributed by atoms with van der Waals surface area (Å²) in [5.74, 6) is 0. The molecule has 1 atom stereocenters. The Balaban J connectivity index is 4.22. The Morgan fingerprint density at radius 3 is 2.11 bits per heavy atom. The summed E-state index contributed by atoms with van der Waals surface area (Å²) >= 11 is 0. The van der Waals surface area contributed by atoms with Crippen molar-refractivity contribution in [3.63, 3.8) is 0 Å². The lowest BCUT2D eigenvalue weighted by atomic mass is 9.86. The van der Waals surface area contributed by atoms with E-state index in [1.165, 1.54) is 0 Å². The van der Waals surface area contributed by atoms with Crippen molar-refractivity contribution in [2.75, 3.05) is 26.7 Å². The van der Waals surface area contributed by atoms with Gasteiger partial charge >= 0.3 is 6.18 Å². The minimum atomic E-state index is -4.07. The number of rotatable bonds is 7. The smallest absolute Gasteiger partial charge is 0.312 e. The van der Waals surface area contributed by atoms with Crippen molar-refractivity contribution in [1.82, 2.24) is 10.2 Å². The Morgan fingerprint density at radius 2 is 1.72 bits per heavy atom. The van der Waals surface area contributed by atoms with E-state index < -0.39 is 12.6 Å². The Hall–Kier alpha value is -0.290. The minimum Gasteiger partial charge on any atom is -0.312 e. The molecule has 0 saturated heterocycles. The fourth-order valence-corrected chi connectivity index (χ4v) is 1.68. The average molecular weight is 268 g/mol. The van der Waals surface area contributed by atoms with E-state index in [0.29, 0.717) is 6.54 Å². The molecule has 0 amide bonds. The molecule has 110 valence electrons. The Morgan fingerprint density at radius 1 is 1.17 bits per heavy atom. The van der Waals surface area contributed by atoms with Gasteiger partial charge in [-0.25, -0.2) is 0 Å². The number of nitrogens with one attached hydrogen (secondary N) is 1. The maximum Gasteiger partial charge on any atom is 0.390 e. The van der Waals surface area contributed by atoms with E-state index in [-0.39, 0.29) is 18.0 Å². The molecule has 2 nitrogen and oxygen atoms in total. The Bertz CT molecular complexity index is 221. The lowest BCUT2D eigenvalue weighted by Crippen LogP contribution is -2.48. The molecule has 0 aromatic heterocycles. The second kappa shape index (κ2) is 7.34. The monoisotopic (exact) mass is 268 g/mol. The zero-order valence-corrected chi connectivity index (χ0v) is 12.2. The third kappa shape index (κ3) is 8.75. The van der Waals surface area contributed by atoms with Gasteiger partial charge in [-0.3, -0.25) is 0 Å². The molecule has 0 bridgehead atoms. The summed E-state index contributed by atoms with van der Waals surface area (Å²) < 4.78 is 36.4. The maximum atomic E-state index is 12.1. The zero-order chi connectivity index (χ0) is 14.4. The van der Waals surface area contributed by atoms with Crippen LogP contribution in [0.15, 0.2) is 0 Å². The minimum absolute atomic E-state index is 0.0433. The molecule has 0 rings (SSSR count). The van der Waals surface area contributed by atoms with E-state index in [4.69, 9.17) is 0 Å². The van der Waals surface area contributed by atoms with Crippen LogP contribution >= 0.6 is 0 Å². The van der Waals surface area contributed by atoms with Gasteiger partial charge in [0, 0.05) is 19.1 Å². The molecule has 0 spiro atoms. The SMILES string of the molecule is CCCNC(CN(C)CCC(F)(F)F)C(C)(C)C. The normalized spacial score (nSPS) is 15.2. The van der Waals surface area contributed by atoms with Crippen LogP contribution in [-0.4, -0.2) is 43.8 Å². The van der Waals surface area contributed by atoms with E-state index in [0.717, 1.165) is 13.0 Å². The molecule has 0 aliphatic heterocycles. The summed E-state index contributed by atoms with van der Waals surface area (Å²) in [5, 5.41) is 3.41. The van der Waals surface area contributed by atoms with Gasteiger partial charge in [0.05, 0.1) is 6.42 Å². The van der Waals surface area contributed by atoms with Gasteiger partial charge in [-0.15, -0.1) is 0 Å². The van der Waals surface area contributed by atoms with Crippen LogP contribution in [0.3, 0.4) is 0 Å². The number of halogens is 3. The number of nitrogens with zero attached hydrogens (tertiary/aromatic N) is 1. The summed E-state index contributed by atoms with van der Waals surface area (Å²) in [5.41, 5.74) is 0.0433. The first-order chi connectivity index (χ1) is 8.06. The van der Waals surface area contributed by atoms with Crippen LogP contribution in [0.2, 0.25) is 0 Å². The van der Waals surface area contributed by atoms with E-state index in [1.807, 2.05) is 0 Å². The lowest BCUT2D eigenvalue weighted by Gasteiger charge is -2.35. The predicted molar refractivity (Wildman–Crippen MR) is 69.7 cm³/mol. The number of hydrogen-bond donors (Lipinski definition) is 1. The molecule has 0 aliphatic carbocycles. The summed E-state index contributed by atoms with van der Waals surface area (Å²) in [6.07, 6.45) is -3.78. The third-order valence-electron chi connectivity index (χ3n) is 2.96. The van der Waals surface area contributed by atoms with Crippen LogP contribution < -0.4 is 5.32 Å². The van der Waals surface area contributed by atoms with Crippen LogP contribution in [0.5, 0.6) is 0 Å². The van der Waals surface area contributed by atoms with E-state index in [1.54, 1.807) is 11.9 Å². The first kappa shape index (κ1) is 17.7. The second-order valence-electron chi connectivity index (χ2n) is 6.00. The molecule has 18 heavy (non-hydrogen) atoms.